The fourth-order valence-electron chi connectivity index (χ4n) is 2.65. The monoisotopic (exact) mass is 307 g/mol. The molecule has 0 aliphatic carbocycles. The SMILES string of the molecule is COc1ccc(OC)c(CNC(=O)N2CC[C@@H](N(C)C)C2)c1. The van der Waals surface area contributed by atoms with Gasteiger partial charge >= 0.3 is 6.03 Å². The molecule has 1 atom stereocenters. The van der Waals surface area contributed by atoms with Crippen molar-refractivity contribution in [2.24, 2.45) is 0 Å². The molecule has 6 heteroatoms. The van der Waals surface area contributed by atoms with E-state index < -0.39 is 0 Å². The van der Waals surface area contributed by atoms with Crippen molar-refractivity contribution in [3.8, 4) is 11.5 Å². The molecule has 2 rings (SSSR count). The summed E-state index contributed by atoms with van der Waals surface area (Å²) in [6.07, 6.45) is 1.02. The number of methoxy groups -OCH3 is 2. The molecule has 0 unspecified atom stereocenters. The number of likely N-dealkylation sites (tertiary alicyclic amines) is 1. The highest BCUT2D eigenvalue weighted by atomic mass is 16.5. The number of carbonyl (C=O) groups excluding carboxylic acids is 1. The van der Waals surface area contributed by atoms with Crippen LogP contribution in [0.2, 0.25) is 0 Å². The third-order valence-corrected chi connectivity index (χ3v) is 4.10. The van der Waals surface area contributed by atoms with Crippen molar-refractivity contribution in [3.05, 3.63) is 23.8 Å². The van der Waals surface area contributed by atoms with Crippen molar-refractivity contribution in [2.75, 3.05) is 41.4 Å². The molecule has 1 aliphatic heterocycles. The first kappa shape index (κ1) is 16.4. The van der Waals surface area contributed by atoms with Gasteiger partial charge in [0.25, 0.3) is 0 Å². The Hall–Kier alpha value is -1.95. The number of benzene rings is 1. The minimum absolute atomic E-state index is 0.0331. The summed E-state index contributed by atoms with van der Waals surface area (Å²) in [7, 11) is 7.34. The van der Waals surface area contributed by atoms with Crippen molar-refractivity contribution in [1.82, 2.24) is 15.1 Å². The van der Waals surface area contributed by atoms with Gasteiger partial charge in [-0.2, -0.15) is 0 Å². The molecule has 1 heterocycles. The number of amides is 2. The van der Waals surface area contributed by atoms with E-state index in [-0.39, 0.29) is 6.03 Å². The second-order valence-corrected chi connectivity index (χ2v) is 5.69. The highest BCUT2D eigenvalue weighted by Crippen LogP contribution is 2.24. The molecule has 1 saturated heterocycles. The van der Waals surface area contributed by atoms with Crippen LogP contribution in [-0.4, -0.2) is 63.3 Å². The Morgan fingerprint density at radius 3 is 2.73 bits per heavy atom. The van der Waals surface area contributed by atoms with Gasteiger partial charge in [-0.3, -0.25) is 0 Å². The van der Waals surface area contributed by atoms with Gasteiger partial charge in [0.05, 0.1) is 14.2 Å². The van der Waals surface area contributed by atoms with Crippen LogP contribution in [-0.2, 0) is 6.54 Å². The summed E-state index contributed by atoms with van der Waals surface area (Å²) in [5, 5.41) is 2.96. The van der Waals surface area contributed by atoms with E-state index in [1.165, 1.54) is 0 Å². The highest BCUT2D eigenvalue weighted by Gasteiger charge is 2.27. The van der Waals surface area contributed by atoms with Crippen LogP contribution in [0.3, 0.4) is 0 Å². The van der Waals surface area contributed by atoms with Crippen LogP contribution in [0.25, 0.3) is 0 Å². The Bertz CT molecular complexity index is 519. The molecule has 22 heavy (non-hydrogen) atoms. The summed E-state index contributed by atoms with van der Waals surface area (Å²) in [6, 6.07) is 5.97. The maximum atomic E-state index is 12.3. The first-order chi connectivity index (χ1) is 10.5. The zero-order valence-corrected chi connectivity index (χ0v) is 13.8. The first-order valence-electron chi connectivity index (χ1n) is 7.45. The average molecular weight is 307 g/mol. The van der Waals surface area contributed by atoms with Gasteiger partial charge in [-0.25, -0.2) is 4.79 Å². The van der Waals surface area contributed by atoms with Crippen LogP contribution >= 0.6 is 0 Å². The highest BCUT2D eigenvalue weighted by molar-refractivity contribution is 5.74. The van der Waals surface area contributed by atoms with E-state index in [1.807, 2.05) is 37.2 Å². The van der Waals surface area contributed by atoms with E-state index in [0.717, 1.165) is 36.6 Å². The van der Waals surface area contributed by atoms with Crippen LogP contribution in [0.4, 0.5) is 4.79 Å². The summed E-state index contributed by atoms with van der Waals surface area (Å²) in [4.78, 5) is 16.3. The molecule has 0 spiro atoms. The Morgan fingerprint density at radius 1 is 1.36 bits per heavy atom. The molecule has 1 N–H and O–H groups in total. The predicted octanol–water partition coefficient (Wildman–Crippen LogP) is 1.55. The molecule has 0 bridgehead atoms. The fourth-order valence-corrected chi connectivity index (χ4v) is 2.65. The van der Waals surface area contributed by atoms with Crippen LogP contribution < -0.4 is 14.8 Å². The number of hydrogen-bond acceptors (Lipinski definition) is 4. The van der Waals surface area contributed by atoms with Gasteiger partial charge in [-0.05, 0) is 38.7 Å². The molecule has 1 aromatic rings. The number of carbonyl (C=O) groups is 1. The average Bonchev–Trinajstić information content (AvgIpc) is 3.02. The largest absolute Gasteiger partial charge is 0.497 e. The van der Waals surface area contributed by atoms with E-state index >= 15 is 0 Å². The summed E-state index contributed by atoms with van der Waals surface area (Å²) < 4.78 is 10.5. The van der Waals surface area contributed by atoms with Crippen LogP contribution in [0.15, 0.2) is 18.2 Å². The molecule has 1 aromatic carbocycles. The van der Waals surface area contributed by atoms with E-state index in [4.69, 9.17) is 9.47 Å². The first-order valence-corrected chi connectivity index (χ1v) is 7.45. The van der Waals surface area contributed by atoms with Gasteiger partial charge < -0.3 is 24.6 Å². The third kappa shape index (κ3) is 3.82. The van der Waals surface area contributed by atoms with Gasteiger partial charge in [0.15, 0.2) is 0 Å². The standard InChI is InChI=1S/C16H25N3O3/c1-18(2)13-7-8-19(11-13)16(20)17-10-12-9-14(21-3)5-6-15(12)22-4/h5-6,9,13H,7-8,10-11H2,1-4H3,(H,17,20)/t13-/m1/s1. The zero-order chi connectivity index (χ0) is 16.1. The molecule has 1 aliphatic rings. The van der Waals surface area contributed by atoms with Crippen molar-refractivity contribution < 1.29 is 14.3 Å². The van der Waals surface area contributed by atoms with Gasteiger partial charge in [0, 0.05) is 31.2 Å². The van der Waals surface area contributed by atoms with Gasteiger partial charge in [0.1, 0.15) is 11.5 Å². The lowest BCUT2D eigenvalue weighted by Crippen LogP contribution is -2.40. The lowest BCUT2D eigenvalue weighted by Gasteiger charge is -2.21. The molecule has 0 radical (unpaired) electrons. The fraction of sp³-hybridized carbons (Fsp3) is 0.562. The Labute approximate surface area is 132 Å². The van der Waals surface area contributed by atoms with Crippen molar-refractivity contribution in [2.45, 2.75) is 19.0 Å². The van der Waals surface area contributed by atoms with Crippen molar-refractivity contribution in [3.63, 3.8) is 0 Å². The maximum absolute atomic E-state index is 12.3. The van der Waals surface area contributed by atoms with E-state index in [1.54, 1.807) is 14.2 Å². The zero-order valence-electron chi connectivity index (χ0n) is 13.8. The molecule has 122 valence electrons. The summed E-state index contributed by atoms with van der Waals surface area (Å²) in [6.45, 7) is 1.99. The Morgan fingerprint density at radius 2 is 2.14 bits per heavy atom. The van der Waals surface area contributed by atoms with Crippen LogP contribution in [0.5, 0.6) is 11.5 Å². The predicted molar refractivity (Wildman–Crippen MR) is 85.4 cm³/mol. The number of nitrogens with zero attached hydrogens (tertiary/aromatic N) is 2. The molecular weight excluding hydrogens is 282 g/mol. The normalized spacial score (nSPS) is 17.7. The quantitative estimate of drug-likeness (QED) is 0.897. The number of hydrogen-bond donors (Lipinski definition) is 1. The summed E-state index contributed by atoms with van der Waals surface area (Å²) in [5.74, 6) is 1.49. The van der Waals surface area contributed by atoms with Crippen LogP contribution in [0.1, 0.15) is 12.0 Å². The second kappa shape index (κ2) is 7.35. The molecule has 1 fully saturated rings. The Kier molecular flexibility index (Phi) is 5.49. The van der Waals surface area contributed by atoms with Crippen LogP contribution in [0, 0.1) is 0 Å². The van der Waals surface area contributed by atoms with E-state index in [0.29, 0.717) is 12.6 Å². The minimum Gasteiger partial charge on any atom is -0.497 e. The molecular formula is C16H25N3O3. The number of rotatable bonds is 5. The smallest absolute Gasteiger partial charge is 0.317 e. The number of nitrogens with one attached hydrogen (secondary N) is 1. The number of likely N-dealkylation sites (N-methyl/N-ethyl adjacent to an activating group) is 1. The summed E-state index contributed by atoms with van der Waals surface area (Å²) in [5.41, 5.74) is 0.901. The van der Waals surface area contributed by atoms with Crippen molar-refractivity contribution in [1.29, 1.82) is 0 Å². The molecule has 6 nitrogen and oxygen atoms in total. The van der Waals surface area contributed by atoms with E-state index in [2.05, 4.69) is 10.2 Å². The lowest BCUT2D eigenvalue weighted by atomic mass is 10.2. The topological polar surface area (TPSA) is 54.0 Å². The Balaban J connectivity index is 1.94. The molecule has 2 amide bonds. The third-order valence-electron chi connectivity index (χ3n) is 4.10. The van der Waals surface area contributed by atoms with Gasteiger partial charge in [-0.1, -0.05) is 0 Å². The summed E-state index contributed by atoms with van der Waals surface area (Å²) >= 11 is 0. The van der Waals surface area contributed by atoms with Gasteiger partial charge in [0.2, 0.25) is 0 Å². The molecule has 0 saturated carbocycles. The molecule has 0 aromatic heterocycles. The number of ether oxygens (including phenoxy) is 2. The van der Waals surface area contributed by atoms with Gasteiger partial charge in [-0.15, -0.1) is 0 Å². The second-order valence-electron chi connectivity index (χ2n) is 5.69. The minimum atomic E-state index is -0.0331. The maximum Gasteiger partial charge on any atom is 0.317 e. The number of urea groups is 1. The lowest BCUT2D eigenvalue weighted by molar-refractivity contribution is 0.203. The van der Waals surface area contributed by atoms with Crippen molar-refractivity contribution >= 4 is 6.03 Å². The van der Waals surface area contributed by atoms with E-state index in [9.17, 15) is 4.79 Å².